The molecule has 4 heteroatoms. The van der Waals surface area contributed by atoms with Gasteiger partial charge in [-0.2, -0.15) is 0 Å². The molecule has 4 atom stereocenters. The fraction of sp³-hybridized carbons (Fsp3) is 0.500. The predicted octanol–water partition coefficient (Wildman–Crippen LogP) is 0.122. The van der Waals surface area contributed by atoms with Gasteiger partial charge in [0.25, 0.3) is 0 Å². The average Bonchev–Trinajstić information content (AvgIpc) is 2.23. The second-order valence-corrected chi connectivity index (χ2v) is 4.85. The van der Waals surface area contributed by atoms with Crippen molar-refractivity contribution in [3.8, 4) is 0 Å². The first-order chi connectivity index (χ1) is 7.58. The lowest BCUT2D eigenvalue weighted by Gasteiger charge is -2.43. The first kappa shape index (κ1) is 9.63. The fourth-order valence-corrected chi connectivity index (χ4v) is 2.89. The maximum Gasteiger partial charge on any atom is 0.229 e. The highest BCUT2D eigenvalue weighted by atomic mass is 16.2. The Bertz CT molecular complexity index is 408. The van der Waals surface area contributed by atoms with Gasteiger partial charge in [0, 0.05) is 0 Å². The van der Waals surface area contributed by atoms with Gasteiger partial charge in [-0.25, -0.2) is 0 Å². The van der Waals surface area contributed by atoms with E-state index < -0.39 is 0 Å². The molecule has 1 fully saturated rings. The molecule has 1 saturated heterocycles. The third kappa shape index (κ3) is 1.10. The van der Waals surface area contributed by atoms with Crippen molar-refractivity contribution >= 4 is 11.8 Å². The van der Waals surface area contributed by atoms with E-state index in [0.717, 1.165) is 11.1 Å². The average molecular weight is 218 g/mol. The van der Waals surface area contributed by atoms with Crippen molar-refractivity contribution in [3.05, 3.63) is 23.3 Å². The van der Waals surface area contributed by atoms with Gasteiger partial charge in [0.15, 0.2) is 0 Å². The maximum absolute atomic E-state index is 11.9. The van der Waals surface area contributed by atoms with Crippen molar-refractivity contribution in [2.75, 3.05) is 0 Å². The Morgan fingerprint density at radius 3 is 1.62 bits per heavy atom. The van der Waals surface area contributed by atoms with E-state index in [1.807, 2.05) is 26.0 Å². The van der Waals surface area contributed by atoms with Gasteiger partial charge in [-0.05, 0) is 13.8 Å². The van der Waals surface area contributed by atoms with Crippen LogP contribution in [0.4, 0.5) is 0 Å². The molecule has 4 bridgehead atoms. The highest BCUT2D eigenvalue weighted by Gasteiger charge is 2.45. The number of hydrogen-bond acceptors (Lipinski definition) is 2. The molecule has 84 valence electrons. The van der Waals surface area contributed by atoms with Crippen molar-refractivity contribution in [2.45, 2.75) is 25.9 Å². The summed E-state index contributed by atoms with van der Waals surface area (Å²) in [5.74, 6) is -0.452. The summed E-state index contributed by atoms with van der Waals surface area (Å²) in [6, 6.07) is -0.333. The normalized spacial score (nSPS) is 40.6. The van der Waals surface area contributed by atoms with Gasteiger partial charge < -0.3 is 10.6 Å². The van der Waals surface area contributed by atoms with Crippen LogP contribution < -0.4 is 10.6 Å². The second kappa shape index (κ2) is 2.97. The van der Waals surface area contributed by atoms with Crippen molar-refractivity contribution in [3.63, 3.8) is 0 Å². The van der Waals surface area contributed by atoms with Crippen molar-refractivity contribution in [2.24, 2.45) is 11.8 Å². The van der Waals surface area contributed by atoms with Gasteiger partial charge in [0.2, 0.25) is 11.8 Å². The molecule has 6 rings (SSSR count). The molecule has 1 aliphatic carbocycles. The number of carbonyl (C=O) groups excluding carboxylic acids is 2. The SMILES string of the molecule is CC1=CC2C(=O)NC1C1C=C(C)C2NC1=O. The summed E-state index contributed by atoms with van der Waals surface area (Å²) in [5, 5.41) is 5.88. The lowest BCUT2D eigenvalue weighted by atomic mass is 9.75. The molecule has 2 amide bonds. The molecule has 0 radical (unpaired) electrons. The lowest BCUT2D eigenvalue weighted by molar-refractivity contribution is -0.132. The molecule has 16 heavy (non-hydrogen) atoms. The Labute approximate surface area is 93.8 Å². The molecule has 4 nitrogen and oxygen atoms in total. The Balaban J connectivity index is 2.19. The first-order valence-electron chi connectivity index (χ1n) is 5.55. The van der Waals surface area contributed by atoms with Crippen LogP contribution in [0.5, 0.6) is 0 Å². The zero-order chi connectivity index (χ0) is 11.4. The molecule has 2 N–H and O–H groups in total. The van der Waals surface area contributed by atoms with E-state index >= 15 is 0 Å². The minimum absolute atomic E-state index is 0.0260. The first-order valence-corrected chi connectivity index (χ1v) is 5.55. The quantitative estimate of drug-likeness (QED) is 0.567. The van der Waals surface area contributed by atoms with Gasteiger partial charge in [-0.3, -0.25) is 9.59 Å². The van der Waals surface area contributed by atoms with E-state index in [2.05, 4.69) is 10.6 Å². The van der Waals surface area contributed by atoms with E-state index in [9.17, 15) is 9.59 Å². The minimum atomic E-state index is -0.252. The van der Waals surface area contributed by atoms with E-state index in [4.69, 9.17) is 0 Å². The molecular formula is C12H14N2O2. The summed E-state index contributed by atoms with van der Waals surface area (Å²) in [7, 11) is 0. The topological polar surface area (TPSA) is 58.2 Å². The molecule has 0 spiro atoms. The summed E-state index contributed by atoms with van der Waals surface area (Å²) in [6.07, 6.45) is 3.99. The highest BCUT2D eigenvalue weighted by molar-refractivity contribution is 5.92. The van der Waals surface area contributed by atoms with E-state index in [0.29, 0.717) is 0 Å². The van der Waals surface area contributed by atoms with Gasteiger partial charge in [-0.1, -0.05) is 23.3 Å². The minimum Gasteiger partial charge on any atom is -0.348 e. The van der Waals surface area contributed by atoms with Gasteiger partial charge >= 0.3 is 0 Å². The van der Waals surface area contributed by atoms with Gasteiger partial charge in [0.1, 0.15) is 0 Å². The van der Waals surface area contributed by atoms with Crippen molar-refractivity contribution < 1.29 is 9.59 Å². The van der Waals surface area contributed by atoms with Crippen LogP contribution in [0.15, 0.2) is 23.3 Å². The molecule has 0 aromatic carbocycles. The molecule has 0 saturated carbocycles. The number of nitrogens with one attached hydrogen (secondary N) is 2. The largest absolute Gasteiger partial charge is 0.348 e. The molecule has 0 aromatic rings. The second-order valence-electron chi connectivity index (χ2n) is 4.85. The number of hydrogen-bond donors (Lipinski definition) is 2. The number of amides is 2. The Morgan fingerprint density at radius 2 is 1.25 bits per heavy atom. The van der Waals surface area contributed by atoms with Crippen LogP contribution in [0.25, 0.3) is 0 Å². The van der Waals surface area contributed by atoms with Crippen molar-refractivity contribution in [1.29, 1.82) is 0 Å². The van der Waals surface area contributed by atoms with E-state index in [1.54, 1.807) is 0 Å². The Kier molecular flexibility index (Phi) is 1.79. The maximum atomic E-state index is 11.9. The fourth-order valence-electron chi connectivity index (χ4n) is 2.89. The van der Waals surface area contributed by atoms with E-state index in [-0.39, 0.29) is 35.7 Å². The van der Waals surface area contributed by atoms with Gasteiger partial charge in [-0.15, -0.1) is 0 Å². The van der Waals surface area contributed by atoms with Crippen LogP contribution in [0.1, 0.15) is 13.8 Å². The van der Waals surface area contributed by atoms with Crippen LogP contribution in [0.2, 0.25) is 0 Å². The molecule has 5 aliphatic heterocycles. The predicted molar refractivity (Wildman–Crippen MR) is 58.4 cm³/mol. The zero-order valence-electron chi connectivity index (χ0n) is 9.28. The molecule has 6 aliphatic rings. The van der Waals surface area contributed by atoms with Crippen LogP contribution in [-0.4, -0.2) is 23.9 Å². The van der Waals surface area contributed by atoms with Crippen LogP contribution in [0.3, 0.4) is 0 Å². The van der Waals surface area contributed by atoms with E-state index in [1.165, 1.54) is 0 Å². The zero-order valence-corrected chi connectivity index (χ0v) is 9.28. The third-order valence-electron chi connectivity index (χ3n) is 3.79. The molecule has 4 unspecified atom stereocenters. The van der Waals surface area contributed by atoms with Crippen molar-refractivity contribution in [1.82, 2.24) is 10.6 Å². The van der Waals surface area contributed by atoms with Gasteiger partial charge in [0.05, 0.1) is 23.9 Å². The van der Waals surface area contributed by atoms with Crippen LogP contribution in [0, 0.1) is 11.8 Å². The summed E-state index contributed by atoms with van der Waals surface area (Å²) < 4.78 is 0. The van der Waals surface area contributed by atoms with Crippen LogP contribution >= 0.6 is 0 Å². The summed E-state index contributed by atoms with van der Waals surface area (Å²) in [6.45, 7) is 3.96. The molecular weight excluding hydrogens is 204 g/mol. The standard InChI is InChI=1S/C12H14N2O2/c1-5-3-7-10-6(2)4-8(12(16)14-10)9(5)13-11(7)15/h3-4,7-10H,1-2H3,(H,13,15)(H,14,16). The Morgan fingerprint density at radius 1 is 0.875 bits per heavy atom. The monoisotopic (exact) mass is 218 g/mol. The number of rotatable bonds is 0. The summed E-state index contributed by atoms with van der Waals surface area (Å²) in [5.41, 5.74) is 2.19. The number of carbonyl (C=O) groups is 2. The molecule has 5 heterocycles. The highest BCUT2D eigenvalue weighted by Crippen LogP contribution is 2.33. The smallest absolute Gasteiger partial charge is 0.229 e. The summed E-state index contributed by atoms with van der Waals surface area (Å²) in [4.78, 5) is 23.8. The summed E-state index contributed by atoms with van der Waals surface area (Å²) >= 11 is 0. The lowest BCUT2D eigenvalue weighted by Crippen LogP contribution is -2.62. The third-order valence-corrected chi connectivity index (χ3v) is 3.79. The molecule has 0 aromatic heterocycles. The van der Waals surface area contributed by atoms with Crippen LogP contribution in [-0.2, 0) is 9.59 Å². The Hall–Kier alpha value is -1.58.